The van der Waals surface area contributed by atoms with Crippen molar-refractivity contribution in [1.82, 2.24) is 0 Å². The lowest BCUT2D eigenvalue weighted by Crippen LogP contribution is -2.74. The first-order chi connectivity index (χ1) is 18.5. The molecule has 5 atom stereocenters. The molecule has 0 spiro atoms. The number of methoxy groups -OCH3 is 3. The predicted molar refractivity (Wildman–Crippen MR) is 137 cm³/mol. The Morgan fingerprint density at radius 3 is 2.28 bits per heavy atom. The Morgan fingerprint density at radius 2 is 1.72 bits per heavy atom. The van der Waals surface area contributed by atoms with E-state index in [0.717, 1.165) is 12.1 Å². The molecule has 1 amide bonds. The number of rotatable bonds is 8. The van der Waals surface area contributed by atoms with Gasteiger partial charge in [-0.05, 0) is 43.3 Å². The number of carbonyl (C=O) groups is 1. The van der Waals surface area contributed by atoms with E-state index in [0.29, 0.717) is 11.3 Å². The maximum absolute atomic E-state index is 12.7. The van der Waals surface area contributed by atoms with Crippen molar-refractivity contribution in [3.63, 3.8) is 0 Å². The van der Waals surface area contributed by atoms with E-state index in [4.69, 9.17) is 41.0 Å². The van der Waals surface area contributed by atoms with Crippen molar-refractivity contribution in [2.45, 2.75) is 43.8 Å². The number of anilines is 1. The Kier molecular flexibility index (Phi) is 10.3. The number of amidine groups is 1. The van der Waals surface area contributed by atoms with Gasteiger partial charge in [0.2, 0.25) is 18.5 Å². The van der Waals surface area contributed by atoms with Gasteiger partial charge < -0.3 is 29.4 Å². The number of nitrogens with one attached hydrogen (secondary N) is 2. The van der Waals surface area contributed by atoms with Gasteiger partial charge in [0.15, 0.2) is 0 Å². The molecule has 14 heteroatoms. The molecule has 0 saturated carbocycles. The maximum Gasteiger partial charge on any atom is 0.416 e. The smallest absolute Gasteiger partial charge is 0.416 e. The van der Waals surface area contributed by atoms with Crippen LogP contribution in [0.2, 0.25) is 5.02 Å². The molecule has 4 N–H and O–H groups in total. The zero-order valence-electron chi connectivity index (χ0n) is 21.5. The average Bonchev–Trinajstić information content (AvgIpc) is 2.89. The molecule has 0 unspecified atom stereocenters. The number of nitrogen functional groups attached to an aromatic ring is 1. The van der Waals surface area contributed by atoms with Crippen LogP contribution in [-0.4, -0.2) is 70.3 Å². The van der Waals surface area contributed by atoms with Crippen molar-refractivity contribution in [2.24, 2.45) is 10.7 Å². The summed E-state index contributed by atoms with van der Waals surface area (Å²) in [5.41, 5.74) is 6.11. The number of amides is 1. The summed E-state index contributed by atoms with van der Waals surface area (Å²) >= 11 is 6.29. The highest BCUT2D eigenvalue weighted by atomic mass is 35.5. The van der Waals surface area contributed by atoms with E-state index >= 15 is 0 Å². The molecular weight excluding hydrogens is 545 g/mol. The lowest BCUT2D eigenvalue weighted by Gasteiger charge is -2.43. The van der Waals surface area contributed by atoms with Crippen LogP contribution in [0.15, 0.2) is 47.5 Å². The van der Waals surface area contributed by atoms with Crippen LogP contribution in [0, 0.1) is 0 Å². The second-order valence-corrected chi connectivity index (χ2v) is 8.80. The summed E-state index contributed by atoms with van der Waals surface area (Å²) in [6.45, 7) is 1.76. The Balaban J connectivity index is 1.62. The van der Waals surface area contributed by atoms with Gasteiger partial charge in [0, 0.05) is 33.0 Å². The fraction of sp³-hybridized carbons (Fsp3) is 0.400. The lowest BCUT2D eigenvalue weighted by atomic mass is 9.99. The summed E-state index contributed by atoms with van der Waals surface area (Å²) in [5.74, 6) is 0.0979. The van der Waals surface area contributed by atoms with Gasteiger partial charge in [0.1, 0.15) is 24.0 Å². The molecule has 1 aliphatic rings. The molecule has 0 radical (unpaired) electrons. The Bertz CT molecular complexity index is 1200. The molecule has 3 rings (SSSR count). The van der Waals surface area contributed by atoms with Crippen molar-refractivity contribution >= 4 is 41.2 Å². The zero-order valence-corrected chi connectivity index (χ0v) is 22.2. The number of benzene rings is 2. The molecule has 1 fully saturated rings. The summed E-state index contributed by atoms with van der Waals surface area (Å²) in [4.78, 5) is 19.4. The van der Waals surface area contributed by atoms with Gasteiger partial charge in [-0.3, -0.25) is 5.32 Å². The highest BCUT2D eigenvalue weighted by molar-refractivity contribution is 6.33. The van der Waals surface area contributed by atoms with E-state index in [1.807, 2.05) is 0 Å². The van der Waals surface area contributed by atoms with Gasteiger partial charge in [-0.2, -0.15) is 13.2 Å². The van der Waals surface area contributed by atoms with Gasteiger partial charge in [-0.25, -0.2) is 9.79 Å². The fourth-order valence-electron chi connectivity index (χ4n) is 3.94. The lowest BCUT2D eigenvalue weighted by molar-refractivity contribution is -0.303. The standard InChI is InChI=1S/C25H28ClF3N4O6/c1-13-19(35-2)20(36-3)21(37-4)23(38-13)39-24(34)33-18-10-9-16(11-17(18)26)31-12-32-22(30)14-5-7-15(8-6-14)25(27,28)29/h5-13,19-21,23H,1-4H3,(H,33,34)(H2,30,31,32)/p+1/t13-,19-,20+,21+,23+/m0/s1. The Morgan fingerprint density at radius 1 is 1.08 bits per heavy atom. The van der Waals surface area contributed by atoms with E-state index < -0.39 is 48.5 Å². The molecule has 0 aromatic heterocycles. The highest BCUT2D eigenvalue weighted by Gasteiger charge is 2.47. The summed E-state index contributed by atoms with van der Waals surface area (Å²) < 4.78 is 65.7. The SMILES string of the molecule is CO[C@@H]1[C@@H](OC)[C@H](C)O[C@H](OC(=O)Nc2ccc(N=C[NH+]=C(N)c3ccc(C(F)(F)F)cc3)cc2Cl)[C@@H]1OC. The topological polar surface area (TPSA) is 128 Å². The Labute approximate surface area is 227 Å². The van der Waals surface area contributed by atoms with Gasteiger partial charge in [-0.1, -0.05) is 11.6 Å². The quantitative estimate of drug-likeness (QED) is 0.327. The van der Waals surface area contributed by atoms with E-state index in [1.165, 1.54) is 51.9 Å². The Hall–Kier alpha value is -3.23. The normalized spacial score (nSPS) is 24.1. The van der Waals surface area contributed by atoms with Gasteiger partial charge in [0.05, 0.1) is 22.4 Å². The van der Waals surface area contributed by atoms with Crippen LogP contribution < -0.4 is 16.0 Å². The minimum atomic E-state index is -4.44. The maximum atomic E-state index is 12.7. The van der Waals surface area contributed by atoms with Gasteiger partial charge in [-0.15, -0.1) is 4.99 Å². The molecule has 10 nitrogen and oxygen atoms in total. The van der Waals surface area contributed by atoms with Crippen molar-refractivity contribution in [3.05, 3.63) is 58.6 Å². The number of ether oxygens (including phenoxy) is 5. The zero-order chi connectivity index (χ0) is 28.7. The number of aliphatic imine (C=N–C) groups is 1. The van der Waals surface area contributed by atoms with Crippen LogP contribution in [0.3, 0.4) is 0 Å². The fourth-order valence-corrected chi connectivity index (χ4v) is 4.16. The largest absolute Gasteiger partial charge is 0.416 e. The van der Waals surface area contributed by atoms with Gasteiger partial charge >= 0.3 is 12.3 Å². The molecule has 2 aromatic rings. The minimum Gasteiger partial charge on any atom is -0.416 e. The third-order valence-electron chi connectivity index (χ3n) is 5.91. The van der Waals surface area contributed by atoms with Crippen LogP contribution in [0.25, 0.3) is 0 Å². The predicted octanol–water partition coefficient (Wildman–Crippen LogP) is 2.84. The molecule has 1 saturated heterocycles. The van der Waals surface area contributed by atoms with Crippen molar-refractivity contribution in [1.29, 1.82) is 0 Å². The van der Waals surface area contributed by atoms with Crippen LogP contribution >= 0.6 is 11.6 Å². The van der Waals surface area contributed by atoms with Crippen LogP contribution in [-0.2, 0) is 29.9 Å². The van der Waals surface area contributed by atoms with Crippen LogP contribution in [0.1, 0.15) is 18.1 Å². The summed E-state index contributed by atoms with van der Waals surface area (Å²) in [6.07, 6.45) is -7.23. The van der Waals surface area contributed by atoms with E-state index in [2.05, 4.69) is 15.3 Å². The van der Waals surface area contributed by atoms with E-state index in [9.17, 15) is 18.0 Å². The number of nitrogens with zero attached hydrogens (tertiary/aromatic N) is 1. The first-order valence-electron chi connectivity index (χ1n) is 11.6. The second kappa shape index (κ2) is 13.2. The number of hydrogen-bond acceptors (Lipinski definition) is 7. The third-order valence-corrected chi connectivity index (χ3v) is 6.23. The molecule has 0 bridgehead atoms. The molecule has 1 heterocycles. The van der Waals surface area contributed by atoms with Crippen molar-refractivity contribution < 1.29 is 46.6 Å². The number of carbonyl (C=O) groups excluding carboxylic acids is 1. The van der Waals surface area contributed by atoms with Crippen LogP contribution in [0.5, 0.6) is 0 Å². The average molecular weight is 574 g/mol. The molecular formula is C25H29ClF3N4O6+. The summed E-state index contributed by atoms with van der Waals surface area (Å²) in [5, 5.41) is 2.70. The number of hydrogen-bond donors (Lipinski definition) is 3. The number of alkyl halides is 3. The van der Waals surface area contributed by atoms with E-state index in [1.54, 1.807) is 13.0 Å². The molecule has 2 aromatic carbocycles. The summed E-state index contributed by atoms with van der Waals surface area (Å²) in [7, 11) is 4.46. The third kappa shape index (κ3) is 7.67. The monoisotopic (exact) mass is 573 g/mol. The summed E-state index contributed by atoms with van der Waals surface area (Å²) in [6, 6.07) is 8.90. The molecule has 212 valence electrons. The van der Waals surface area contributed by atoms with Gasteiger partial charge in [0.25, 0.3) is 0 Å². The van der Waals surface area contributed by atoms with Crippen molar-refractivity contribution in [2.75, 3.05) is 26.6 Å². The first-order valence-corrected chi connectivity index (χ1v) is 12.0. The van der Waals surface area contributed by atoms with Crippen LogP contribution in [0.4, 0.5) is 29.3 Å². The molecule has 0 aliphatic carbocycles. The second-order valence-electron chi connectivity index (χ2n) is 8.40. The first kappa shape index (κ1) is 30.3. The number of halogens is 4. The highest BCUT2D eigenvalue weighted by Crippen LogP contribution is 2.30. The molecule has 39 heavy (non-hydrogen) atoms. The van der Waals surface area contributed by atoms with E-state index in [-0.39, 0.29) is 16.5 Å². The molecule has 1 aliphatic heterocycles. The van der Waals surface area contributed by atoms with Crippen molar-refractivity contribution in [3.8, 4) is 0 Å². The number of nitrogens with two attached hydrogens (primary N) is 1. The minimum absolute atomic E-state index is 0.0979.